The maximum absolute atomic E-state index is 11.5. The molecule has 0 spiro atoms. The highest BCUT2D eigenvalue weighted by Gasteiger charge is 2.20. The van der Waals surface area contributed by atoms with Gasteiger partial charge < -0.3 is 5.11 Å². The zero-order valence-corrected chi connectivity index (χ0v) is 9.52. The Morgan fingerprint density at radius 3 is 2.11 bits per heavy atom. The van der Waals surface area contributed by atoms with Crippen molar-refractivity contribution in [2.24, 2.45) is 0 Å². The van der Waals surface area contributed by atoms with Crippen molar-refractivity contribution in [2.45, 2.75) is 6.10 Å². The van der Waals surface area contributed by atoms with Gasteiger partial charge in [0.25, 0.3) is 0 Å². The van der Waals surface area contributed by atoms with E-state index in [9.17, 15) is 9.90 Å². The van der Waals surface area contributed by atoms with Crippen LogP contribution in [0, 0.1) is 0 Å². The zero-order valence-electron chi connectivity index (χ0n) is 9.52. The van der Waals surface area contributed by atoms with Gasteiger partial charge in [-0.1, -0.05) is 48.5 Å². The van der Waals surface area contributed by atoms with E-state index in [1.165, 1.54) is 0 Å². The normalized spacial score (nSPS) is 11.6. The molecule has 0 fully saturated rings. The third-order valence-corrected chi connectivity index (χ3v) is 2.30. The summed E-state index contributed by atoms with van der Waals surface area (Å²) in [7, 11) is 0. The van der Waals surface area contributed by atoms with Crippen molar-refractivity contribution in [3.05, 3.63) is 66.2 Å². The van der Waals surface area contributed by atoms with E-state index < -0.39 is 12.1 Å². The average Bonchev–Trinajstić information content (AvgIpc) is 2.46. The summed E-state index contributed by atoms with van der Waals surface area (Å²) < 4.78 is 0. The van der Waals surface area contributed by atoms with Gasteiger partial charge in [-0.3, -0.25) is 4.89 Å². The van der Waals surface area contributed by atoms with Crippen LogP contribution < -0.4 is 4.89 Å². The monoisotopic (exact) mass is 244 g/mol. The number of carbonyl (C=O) groups excluding carboxylic acids is 1. The van der Waals surface area contributed by atoms with Gasteiger partial charge in [0.15, 0.2) is 11.9 Å². The minimum atomic E-state index is -1.35. The van der Waals surface area contributed by atoms with E-state index in [1.807, 2.05) is 6.07 Å². The van der Waals surface area contributed by atoms with Crippen molar-refractivity contribution >= 4 is 5.97 Å². The second-order valence-corrected chi connectivity index (χ2v) is 3.61. The van der Waals surface area contributed by atoms with E-state index in [1.54, 1.807) is 54.6 Å². The van der Waals surface area contributed by atoms with Crippen LogP contribution in [-0.4, -0.2) is 11.1 Å². The molecule has 1 N–H and O–H groups in total. The lowest BCUT2D eigenvalue weighted by atomic mass is 10.1. The lowest BCUT2D eigenvalue weighted by Gasteiger charge is -2.09. The first-order valence-electron chi connectivity index (χ1n) is 5.44. The number of carbonyl (C=O) groups is 1. The number of aliphatic hydroxyl groups excluding tert-OH is 1. The van der Waals surface area contributed by atoms with Gasteiger partial charge in [0.05, 0.1) is 0 Å². The topological polar surface area (TPSA) is 55.8 Å². The molecule has 4 nitrogen and oxygen atoms in total. The van der Waals surface area contributed by atoms with Crippen LogP contribution in [0.2, 0.25) is 0 Å². The summed E-state index contributed by atoms with van der Waals surface area (Å²) in [6.45, 7) is 0. The predicted octanol–water partition coefficient (Wildman–Crippen LogP) is 2.26. The number of hydrogen-bond donors (Lipinski definition) is 1. The summed E-state index contributed by atoms with van der Waals surface area (Å²) in [6.07, 6.45) is -1.35. The van der Waals surface area contributed by atoms with Crippen LogP contribution in [0.15, 0.2) is 60.7 Å². The molecule has 0 amide bonds. The Balaban J connectivity index is 1.93. The van der Waals surface area contributed by atoms with Crippen LogP contribution in [0.4, 0.5) is 0 Å². The van der Waals surface area contributed by atoms with Crippen LogP contribution >= 0.6 is 0 Å². The third kappa shape index (κ3) is 3.09. The summed E-state index contributed by atoms with van der Waals surface area (Å²) in [6, 6.07) is 17.1. The standard InChI is InChI=1S/C14H12O4/c15-13(11-7-3-1-4-8-11)14(16)18-17-12-9-5-2-6-10-12/h1-10,13,15H. The van der Waals surface area contributed by atoms with Gasteiger partial charge in [0, 0.05) is 0 Å². The van der Waals surface area contributed by atoms with Crippen molar-refractivity contribution in [3.63, 3.8) is 0 Å². The maximum Gasteiger partial charge on any atom is 0.388 e. The molecule has 4 heteroatoms. The van der Waals surface area contributed by atoms with Gasteiger partial charge in [-0.25, -0.2) is 9.68 Å². The summed E-state index contributed by atoms with van der Waals surface area (Å²) in [5.41, 5.74) is 0.458. The van der Waals surface area contributed by atoms with Gasteiger partial charge in [-0.2, -0.15) is 0 Å². The second kappa shape index (κ2) is 5.84. The van der Waals surface area contributed by atoms with Crippen molar-refractivity contribution in [1.29, 1.82) is 0 Å². The molecule has 0 aliphatic rings. The van der Waals surface area contributed by atoms with Gasteiger partial charge in [-0.15, -0.1) is 0 Å². The molecule has 92 valence electrons. The number of aliphatic hydroxyl groups is 1. The summed E-state index contributed by atoms with van der Waals surface area (Å²) >= 11 is 0. The lowest BCUT2D eigenvalue weighted by molar-refractivity contribution is -0.223. The quantitative estimate of drug-likeness (QED) is 0.662. The first-order valence-corrected chi connectivity index (χ1v) is 5.44. The molecule has 2 aromatic carbocycles. The highest BCUT2D eigenvalue weighted by Crippen LogP contribution is 2.15. The molecule has 0 saturated carbocycles. The molecule has 18 heavy (non-hydrogen) atoms. The molecule has 1 atom stereocenters. The van der Waals surface area contributed by atoms with E-state index in [-0.39, 0.29) is 0 Å². The third-order valence-electron chi connectivity index (χ3n) is 2.30. The van der Waals surface area contributed by atoms with E-state index >= 15 is 0 Å². The average molecular weight is 244 g/mol. The maximum atomic E-state index is 11.5. The van der Waals surface area contributed by atoms with Gasteiger partial charge >= 0.3 is 5.97 Å². The summed E-state index contributed by atoms with van der Waals surface area (Å²) in [5.74, 6) is -0.462. The molecule has 2 rings (SSSR count). The first-order chi connectivity index (χ1) is 8.77. The number of benzene rings is 2. The molecule has 1 unspecified atom stereocenters. The fourth-order valence-corrected chi connectivity index (χ4v) is 1.38. The summed E-state index contributed by atoms with van der Waals surface area (Å²) in [4.78, 5) is 20.9. The Morgan fingerprint density at radius 2 is 1.50 bits per heavy atom. The van der Waals surface area contributed by atoms with Crippen LogP contribution in [0.3, 0.4) is 0 Å². The number of para-hydroxylation sites is 1. The van der Waals surface area contributed by atoms with Crippen molar-refractivity contribution in [1.82, 2.24) is 0 Å². The molecule has 0 aliphatic heterocycles. The molecule has 0 radical (unpaired) electrons. The molecular weight excluding hydrogens is 232 g/mol. The zero-order chi connectivity index (χ0) is 12.8. The van der Waals surface area contributed by atoms with Crippen LogP contribution in [0.1, 0.15) is 11.7 Å². The molecule has 0 saturated heterocycles. The highest BCUT2D eigenvalue weighted by atomic mass is 17.2. The minimum absolute atomic E-state index is 0.395. The Kier molecular flexibility index (Phi) is 3.94. The van der Waals surface area contributed by atoms with Crippen molar-refractivity contribution < 1.29 is 19.7 Å². The van der Waals surface area contributed by atoms with Gasteiger partial charge in [-0.05, 0) is 17.7 Å². The molecule has 0 aliphatic carbocycles. The van der Waals surface area contributed by atoms with Crippen LogP contribution in [0.25, 0.3) is 0 Å². The summed E-state index contributed by atoms with van der Waals surface area (Å²) in [5, 5.41) is 9.71. The van der Waals surface area contributed by atoms with E-state index in [4.69, 9.17) is 4.89 Å². The Hall–Kier alpha value is -2.33. The van der Waals surface area contributed by atoms with E-state index in [2.05, 4.69) is 4.89 Å². The van der Waals surface area contributed by atoms with Crippen LogP contribution in [-0.2, 0) is 9.68 Å². The molecule has 0 aromatic heterocycles. The Bertz CT molecular complexity index is 496. The Morgan fingerprint density at radius 1 is 0.944 bits per heavy atom. The molecule has 2 aromatic rings. The highest BCUT2D eigenvalue weighted by molar-refractivity contribution is 5.75. The fourth-order valence-electron chi connectivity index (χ4n) is 1.38. The smallest absolute Gasteiger partial charge is 0.377 e. The van der Waals surface area contributed by atoms with Crippen molar-refractivity contribution in [2.75, 3.05) is 0 Å². The van der Waals surface area contributed by atoms with Crippen LogP contribution in [0.5, 0.6) is 5.75 Å². The molecule has 0 bridgehead atoms. The minimum Gasteiger partial charge on any atom is -0.377 e. The number of rotatable bonds is 4. The second-order valence-electron chi connectivity index (χ2n) is 3.61. The van der Waals surface area contributed by atoms with Crippen molar-refractivity contribution in [3.8, 4) is 5.75 Å². The van der Waals surface area contributed by atoms with Gasteiger partial charge in [0.2, 0.25) is 0 Å². The first kappa shape index (κ1) is 12.1. The molecular formula is C14H12O4. The number of hydrogen-bond acceptors (Lipinski definition) is 4. The molecule has 0 heterocycles. The van der Waals surface area contributed by atoms with E-state index in [0.717, 1.165) is 0 Å². The Labute approximate surface area is 104 Å². The SMILES string of the molecule is O=C(OOc1ccccc1)C(O)c1ccccc1. The largest absolute Gasteiger partial charge is 0.388 e. The van der Waals surface area contributed by atoms with Gasteiger partial charge in [0.1, 0.15) is 0 Å². The fraction of sp³-hybridized carbons (Fsp3) is 0.0714. The lowest BCUT2D eigenvalue weighted by Crippen LogP contribution is -2.17. The van der Waals surface area contributed by atoms with E-state index in [0.29, 0.717) is 11.3 Å². The predicted molar refractivity (Wildman–Crippen MR) is 64.6 cm³/mol.